The van der Waals surface area contributed by atoms with E-state index in [9.17, 15) is 0 Å². The van der Waals surface area contributed by atoms with E-state index in [1.54, 1.807) is 0 Å². The summed E-state index contributed by atoms with van der Waals surface area (Å²) < 4.78 is 4.16. The van der Waals surface area contributed by atoms with E-state index in [2.05, 4.69) is 145 Å². The van der Waals surface area contributed by atoms with Gasteiger partial charge in [-0.2, -0.15) is 0 Å². The van der Waals surface area contributed by atoms with Gasteiger partial charge in [0.15, 0.2) is 24.8 Å². The van der Waals surface area contributed by atoms with Gasteiger partial charge in [-0.1, -0.05) is 66.7 Å². The van der Waals surface area contributed by atoms with Gasteiger partial charge in [0, 0.05) is 23.3 Å². The second kappa shape index (κ2) is 8.60. The van der Waals surface area contributed by atoms with E-state index in [0.717, 1.165) is 0 Å². The number of aryl methyl sites for hydroxylation is 2. The first-order chi connectivity index (χ1) is 15.7. The third-order valence-electron chi connectivity index (χ3n) is 5.85. The molecule has 5 aromatic rings. The Bertz CT molecular complexity index is 1260. The average molecular weight is 415 g/mol. The number of rotatable bonds is 4. The van der Waals surface area contributed by atoms with Crippen molar-refractivity contribution in [1.82, 2.24) is 0 Å². The van der Waals surface area contributed by atoms with Crippen molar-refractivity contribution in [2.24, 2.45) is 14.1 Å². The molecule has 0 bridgehead atoms. The Labute approximate surface area is 189 Å². The zero-order chi connectivity index (χ0) is 21.9. The van der Waals surface area contributed by atoms with Crippen LogP contribution in [0.15, 0.2) is 122 Å². The van der Waals surface area contributed by atoms with Crippen LogP contribution in [0.25, 0.3) is 44.5 Å². The van der Waals surface area contributed by atoms with Crippen molar-refractivity contribution in [2.45, 2.75) is 0 Å². The lowest BCUT2D eigenvalue weighted by molar-refractivity contribution is -0.671. The molecule has 0 atom stereocenters. The Morgan fingerprint density at radius 3 is 1.09 bits per heavy atom. The average Bonchev–Trinajstić information content (AvgIpc) is 2.84. The Morgan fingerprint density at radius 1 is 0.375 bits per heavy atom. The summed E-state index contributed by atoms with van der Waals surface area (Å²) in [7, 11) is 4.10. The number of pyridine rings is 2. The summed E-state index contributed by atoms with van der Waals surface area (Å²) in [6.45, 7) is 0. The van der Waals surface area contributed by atoms with Gasteiger partial charge in [0.05, 0.1) is 0 Å². The first kappa shape index (κ1) is 19.9. The number of aromatic nitrogens is 2. The largest absolute Gasteiger partial charge is 0.207 e. The standard InChI is InChI=1S/C30H26N2/c1-31-18-4-8-29(21-31)25-14-10-23(11-15-25)27-6-3-7-28(20-27)24-12-16-26(17-13-24)30-9-5-19-32(2)22-30/h3-22H,1-2H3/q+2. The summed E-state index contributed by atoms with van der Waals surface area (Å²) in [6.07, 6.45) is 8.40. The van der Waals surface area contributed by atoms with Crippen LogP contribution in [0, 0.1) is 0 Å². The predicted octanol–water partition coefficient (Wildman–Crippen LogP) is 6.00. The maximum atomic E-state index is 2.27. The first-order valence-corrected chi connectivity index (χ1v) is 10.9. The van der Waals surface area contributed by atoms with Crippen LogP contribution in [0.3, 0.4) is 0 Å². The molecule has 0 amide bonds. The number of hydrogen-bond acceptors (Lipinski definition) is 0. The predicted molar refractivity (Wildman–Crippen MR) is 131 cm³/mol. The van der Waals surface area contributed by atoms with Gasteiger partial charge in [-0.25, -0.2) is 9.13 Å². The van der Waals surface area contributed by atoms with Gasteiger partial charge in [-0.15, -0.1) is 0 Å². The highest BCUT2D eigenvalue weighted by Gasteiger charge is 2.06. The molecule has 0 saturated carbocycles. The molecular formula is C30H26N2+2. The van der Waals surface area contributed by atoms with Gasteiger partial charge < -0.3 is 0 Å². The second-order valence-electron chi connectivity index (χ2n) is 8.25. The van der Waals surface area contributed by atoms with Crippen molar-refractivity contribution in [2.75, 3.05) is 0 Å². The molecule has 2 nitrogen and oxygen atoms in total. The third-order valence-corrected chi connectivity index (χ3v) is 5.85. The zero-order valence-corrected chi connectivity index (χ0v) is 18.4. The fourth-order valence-corrected chi connectivity index (χ4v) is 4.11. The minimum Gasteiger partial charge on any atom is -0.207 e. The maximum Gasteiger partial charge on any atom is 0.176 e. The van der Waals surface area contributed by atoms with Crippen molar-refractivity contribution < 1.29 is 9.13 Å². The molecule has 0 unspecified atom stereocenters. The molecule has 3 aromatic carbocycles. The molecule has 5 rings (SSSR count). The van der Waals surface area contributed by atoms with Gasteiger partial charge in [0.1, 0.15) is 14.1 Å². The molecule has 0 aliphatic heterocycles. The Hall–Kier alpha value is -4.04. The molecular weight excluding hydrogens is 388 g/mol. The van der Waals surface area contributed by atoms with Gasteiger partial charge in [0.2, 0.25) is 0 Å². The van der Waals surface area contributed by atoms with Crippen LogP contribution in [-0.4, -0.2) is 0 Å². The molecule has 0 aliphatic rings. The van der Waals surface area contributed by atoms with E-state index in [-0.39, 0.29) is 0 Å². The fourth-order valence-electron chi connectivity index (χ4n) is 4.11. The highest BCUT2D eigenvalue weighted by Crippen LogP contribution is 2.29. The van der Waals surface area contributed by atoms with E-state index in [1.165, 1.54) is 44.5 Å². The van der Waals surface area contributed by atoms with Crippen molar-refractivity contribution in [3.63, 3.8) is 0 Å². The number of hydrogen-bond donors (Lipinski definition) is 0. The zero-order valence-electron chi connectivity index (χ0n) is 18.4. The van der Waals surface area contributed by atoms with Crippen molar-refractivity contribution in [3.05, 3.63) is 122 Å². The second-order valence-corrected chi connectivity index (χ2v) is 8.25. The summed E-state index contributed by atoms with van der Waals surface area (Å²) in [5.74, 6) is 0. The van der Waals surface area contributed by atoms with Crippen molar-refractivity contribution >= 4 is 0 Å². The topological polar surface area (TPSA) is 7.76 Å². The molecule has 0 aliphatic carbocycles. The molecule has 2 heterocycles. The lowest BCUT2D eigenvalue weighted by Gasteiger charge is -2.08. The van der Waals surface area contributed by atoms with E-state index in [1.807, 2.05) is 0 Å². The van der Waals surface area contributed by atoms with Crippen molar-refractivity contribution in [1.29, 1.82) is 0 Å². The molecule has 0 fully saturated rings. The van der Waals surface area contributed by atoms with Gasteiger partial charge >= 0.3 is 0 Å². The molecule has 2 heteroatoms. The Balaban J connectivity index is 1.41. The maximum absolute atomic E-state index is 2.27. The normalized spacial score (nSPS) is 10.8. The van der Waals surface area contributed by atoms with E-state index in [0.29, 0.717) is 0 Å². The lowest BCUT2D eigenvalue weighted by atomic mass is 9.96. The van der Waals surface area contributed by atoms with Gasteiger partial charge in [-0.05, 0) is 51.6 Å². The van der Waals surface area contributed by atoms with E-state index in [4.69, 9.17) is 0 Å². The Morgan fingerprint density at radius 2 is 0.719 bits per heavy atom. The van der Waals surface area contributed by atoms with Crippen LogP contribution in [0.1, 0.15) is 0 Å². The summed E-state index contributed by atoms with van der Waals surface area (Å²) in [5.41, 5.74) is 9.81. The molecule has 154 valence electrons. The molecule has 2 aromatic heterocycles. The van der Waals surface area contributed by atoms with E-state index >= 15 is 0 Å². The molecule has 0 saturated heterocycles. The quantitative estimate of drug-likeness (QED) is 0.319. The van der Waals surface area contributed by atoms with Crippen LogP contribution < -0.4 is 9.13 Å². The van der Waals surface area contributed by atoms with Crippen molar-refractivity contribution in [3.8, 4) is 44.5 Å². The minimum atomic E-state index is 1.22. The number of benzene rings is 3. The monoisotopic (exact) mass is 414 g/mol. The van der Waals surface area contributed by atoms with Crippen LogP contribution in [0.2, 0.25) is 0 Å². The lowest BCUT2D eigenvalue weighted by Crippen LogP contribution is -2.26. The Kier molecular flexibility index (Phi) is 5.35. The summed E-state index contributed by atoms with van der Waals surface area (Å²) >= 11 is 0. The molecule has 0 N–H and O–H groups in total. The summed E-state index contributed by atoms with van der Waals surface area (Å²) in [4.78, 5) is 0. The summed E-state index contributed by atoms with van der Waals surface area (Å²) in [6, 6.07) is 34.9. The highest BCUT2D eigenvalue weighted by molar-refractivity contribution is 5.76. The summed E-state index contributed by atoms with van der Waals surface area (Å²) in [5, 5.41) is 0. The molecule has 0 spiro atoms. The minimum absolute atomic E-state index is 1.22. The third kappa shape index (κ3) is 4.21. The van der Waals surface area contributed by atoms with Crippen LogP contribution in [0.5, 0.6) is 0 Å². The smallest absolute Gasteiger partial charge is 0.176 e. The SMILES string of the molecule is C[n+]1cccc(-c2ccc(-c3cccc(-c4ccc(-c5ccc[n+](C)c5)cc4)c3)cc2)c1. The fraction of sp³-hybridized carbons (Fsp3) is 0.0667. The molecule has 0 radical (unpaired) electrons. The van der Waals surface area contributed by atoms with Crippen LogP contribution >= 0.6 is 0 Å². The molecule has 32 heavy (non-hydrogen) atoms. The van der Waals surface area contributed by atoms with Crippen LogP contribution in [0.4, 0.5) is 0 Å². The van der Waals surface area contributed by atoms with Gasteiger partial charge in [-0.3, -0.25) is 0 Å². The van der Waals surface area contributed by atoms with Gasteiger partial charge in [0.25, 0.3) is 0 Å². The highest BCUT2D eigenvalue weighted by atomic mass is 14.9. The van der Waals surface area contributed by atoms with E-state index < -0.39 is 0 Å². The number of nitrogens with zero attached hydrogens (tertiary/aromatic N) is 2. The van der Waals surface area contributed by atoms with Crippen LogP contribution in [-0.2, 0) is 14.1 Å². The first-order valence-electron chi connectivity index (χ1n) is 10.9.